The molecule has 1 heterocycles. The monoisotopic (exact) mass is 370 g/mol. The summed E-state index contributed by atoms with van der Waals surface area (Å²) in [6.07, 6.45) is 1.61. The fraction of sp³-hybridized carbons (Fsp3) is 0.111. The summed E-state index contributed by atoms with van der Waals surface area (Å²) >= 11 is 6.14. The van der Waals surface area contributed by atoms with Crippen molar-refractivity contribution in [2.75, 3.05) is 5.32 Å². The number of aryl methyl sites for hydroxylation is 1. The van der Waals surface area contributed by atoms with Crippen LogP contribution < -0.4 is 5.32 Å². The van der Waals surface area contributed by atoms with Crippen molar-refractivity contribution in [1.82, 2.24) is 9.78 Å². The maximum absolute atomic E-state index is 12.4. The van der Waals surface area contributed by atoms with Gasteiger partial charge in [-0.15, -0.1) is 0 Å². The van der Waals surface area contributed by atoms with Crippen LogP contribution in [-0.4, -0.2) is 20.6 Å². The summed E-state index contributed by atoms with van der Waals surface area (Å²) in [5, 5.41) is 18.2. The SMILES string of the molecule is Cc1ccc(C(=O)Nc2nn(Cc3ccccc3)cc2Cl)cc1[N+](=O)[O-]. The van der Waals surface area contributed by atoms with Gasteiger partial charge in [-0.05, 0) is 18.6 Å². The Bertz CT molecular complexity index is 970. The number of anilines is 1. The first-order valence-electron chi connectivity index (χ1n) is 7.77. The minimum atomic E-state index is -0.520. The van der Waals surface area contributed by atoms with Gasteiger partial charge in [0, 0.05) is 23.4 Å². The standard InChI is InChI=1S/C18H15ClN4O3/c1-12-7-8-14(9-16(12)23(25)26)18(24)20-17-15(19)11-22(21-17)10-13-5-3-2-4-6-13/h2-9,11H,10H2,1H3,(H,20,21,24). The summed E-state index contributed by atoms with van der Waals surface area (Å²) in [5.74, 6) is -0.309. The van der Waals surface area contributed by atoms with E-state index < -0.39 is 10.8 Å². The normalized spacial score (nSPS) is 10.5. The van der Waals surface area contributed by atoms with Gasteiger partial charge in [-0.2, -0.15) is 5.10 Å². The average molecular weight is 371 g/mol. The lowest BCUT2D eigenvalue weighted by Crippen LogP contribution is -2.13. The third-order valence-electron chi connectivity index (χ3n) is 3.80. The van der Waals surface area contributed by atoms with E-state index in [4.69, 9.17) is 11.6 Å². The summed E-state index contributed by atoms with van der Waals surface area (Å²) in [7, 11) is 0. The molecular formula is C18H15ClN4O3. The van der Waals surface area contributed by atoms with Gasteiger partial charge in [-0.3, -0.25) is 19.6 Å². The van der Waals surface area contributed by atoms with Crippen LogP contribution in [0.15, 0.2) is 54.7 Å². The molecule has 0 aliphatic rings. The summed E-state index contributed by atoms with van der Waals surface area (Å²) in [5.41, 5.74) is 1.57. The summed E-state index contributed by atoms with van der Waals surface area (Å²) < 4.78 is 1.62. The second-order valence-electron chi connectivity index (χ2n) is 5.72. The van der Waals surface area contributed by atoms with Crippen LogP contribution in [-0.2, 0) is 6.54 Å². The van der Waals surface area contributed by atoms with Gasteiger partial charge >= 0.3 is 0 Å². The number of benzene rings is 2. The van der Waals surface area contributed by atoms with Gasteiger partial charge in [0.1, 0.15) is 5.02 Å². The molecule has 7 nitrogen and oxygen atoms in total. The van der Waals surface area contributed by atoms with Gasteiger partial charge in [0.05, 0.1) is 11.5 Å². The largest absolute Gasteiger partial charge is 0.304 e. The molecule has 3 rings (SSSR count). The third-order valence-corrected chi connectivity index (χ3v) is 4.08. The molecule has 3 aromatic rings. The molecule has 0 radical (unpaired) electrons. The second-order valence-corrected chi connectivity index (χ2v) is 6.13. The zero-order valence-electron chi connectivity index (χ0n) is 13.8. The van der Waals surface area contributed by atoms with Crippen LogP contribution in [0, 0.1) is 17.0 Å². The van der Waals surface area contributed by atoms with E-state index >= 15 is 0 Å². The Labute approximate surface area is 154 Å². The molecule has 1 N–H and O–H groups in total. The van der Waals surface area contributed by atoms with Crippen LogP contribution in [0.2, 0.25) is 5.02 Å². The molecule has 0 unspecified atom stereocenters. The highest BCUT2D eigenvalue weighted by molar-refractivity contribution is 6.33. The van der Waals surface area contributed by atoms with Gasteiger partial charge in [-0.1, -0.05) is 48.0 Å². The highest BCUT2D eigenvalue weighted by Crippen LogP contribution is 2.23. The number of rotatable bonds is 5. The van der Waals surface area contributed by atoms with E-state index in [9.17, 15) is 14.9 Å². The van der Waals surface area contributed by atoms with Crippen molar-refractivity contribution in [2.24, 2.45) is 0 Å². The number of nitro benzene ring substituents is 1. The number of carbonyl (C=O) groups excluding carboxylic acids is 1. The quantitative estimate of drug-likeness (QED) is 0.541. The van der Waals surface area contributed by atoms with Crippen LogP contribution in [0.1, 0.15) is 21.5 Å². The average Bonchev–Trinajstić information content (AvgIpc) is 2.95. The number of nitrogens with zero attached hydrogens (tertiary/aromatic N) is 3. The highest BCUT2D eigenvalue weighted by atomic mass is 35.5. The lowest BCUT2D eigenvalue weighted by molar-refractivity contribution is -0.385. The molecule has 26 heavy (non-hydrogen) atoms. The smallest absolute Gasteiger partial charge is 0.273 e. The van der Waals surface area contributed by atoms with E-state index in [0.29, 0.717) is 12.1 Å². The molecule has 0 aliphatic heterocycles. The van der Waals surface area contributed by atoms with Crippen LogP contribution in [0.5, 0.6) is 0 Å². The maximum atomic E-state index is 12.4. The van der Waals surface area contributed by atoms with Crippen LogP contribution >= 0.6 is 11.6 Å². The first-order valence-corrected chi connectivity index (χ1v) is 8.15. The van der Waals surface area contributed by atoms with E-state index in [0.717, 1.165) is 5.56 Å². The topological polar surface area (TPSA) is 90.1 Å². The van der Waals surface area contributed by atoms with Gasteiger partial charge < -0.3 is 5.32 Å². The highest BCUT2D eigenvalue weighted by Gasteiger charge is 2.17. The molecule has 8 heteroatoms. The molecule has 132 valence electrons. The minimum Gasteiger partial charge on any atom is -0.304 e. The van der Waals surface area contributed by atoms with Gasteiger partial charge in [0.25, 0.3) is 11.6 Å². The number of halogens is 1. The Kier molecular flexibility index (Phi) is 4.99. The first kappa shape index (κ1) is 17.6. The summed E-state index contributed by atoms with van der Waals surface area (Å²) in [6.45, 7) is 2.12. The lowest BCUT2D eigenvalue weighted by Gasteiger charge is -2.04. The fourth-order valence-electron chi connectivity index (χ4n) is 2.46. The molecule has 1 aromatic heterocycles. The minimum absolute atomic E-state index is 0.113. The second kappa shape index (κ2) is 7.37. The van der Waals surface area contributed by atoms with Crippen molar-refractivity contribution in [2.45, 2.75) is 13.5 Å². The molecular weight excluding hydrogens is 356 g/mol. The summed E-state index contributed by atoms with van der Waals surface area (Å²) in [4.78, 5) is 22.9. The van der Waals surface area contributed by atoms with E-state index in [1.165, 1.54) is 18.2 Å². The van der Waals surface area contributed by atoms with Crippen LogP contribution in [0.4, 0.5) is 11.5 Å². The van der Waals surface area contributed by atoms with Crippen LogP contribution in [0.25, 0.3) is 0 Å². The van der Waals surface area contributed by atoms with E-state index in [-0.39, 0.29) is 22.1 Å². The van der Waals surface area contributed by atoms with Gasteiger partial charge in [0.15, 0.2) is 5.82 Å². The Morgan fingerprint density at radius 3 is 2.69 bits per heavy atom. The predicted octanol–water partition coefficient (Wildman–Crippen LogP) is 4.05. The van der Waals surface area contributed by atoms with E-state index in [2.05, 4.69) is 10.4 Å². The van der Waals surface area contributed by atoms with E-state index in [1.807, 2.05) is 30.3 Å². The maximum Gasteiger partial charge on any atom is 0.273 e. The third kappa shape index (κ3) is 3.89. The van der Waals surface area contributed by atoms with Crippen molar-refractivity contribution in [3.05, 3.63) is 86.6 Å². The van der Waals surface area contributed by atoms with Crippen molar-refractivity contribution in [3.8, 4) is 0 Å². The number of nitro groups is 1. The van der Waals surface area contributed by atoms with Crippen molar-refractivity contribution >= 4 is 29.0 Å². The fourth-order valence-corrected chi connectivity index (χ4v) is 2.66. The van der Waals surface area contributed by atoms with Gasteiger partial charge in [-0.25, -0.2) is 0 Å². The molecule has 0 spiro atoms. The zero-order chi connectivity index (χ0) is 18.7. The number of hydrogen-bond donors (Lipinski definition) is 1. The molecule has 0 atom stereocenters. The lowest BCUT2D eigenvalue weighted by atomic mass is 10.1. The van der Waals surface area contributed by atoms with Crippen molar-refractivity contribution < 1.29 is 9.72 Å². The molecule has 0 bridgehead atoms. The number of hydrogen-bond acceptors (Lipinski definition) is 4. The molecule has 0 saturated carbocycles. The predicted molar refractivity (Wildman–Crippen MR) is 98.6 cm³/mol. The zero-order valence-corrected chi connectivity index (χ0v) is 14.6. The molecule has 0 saturated heterocycles. The van der Waals surface area contributed by atoms with Crippen molar-refractivity contribution in [1.29, 1.82) is 0 Å². The molecule has 2 aromatic carbocycles. The number of aromatic nitrogens is 2. The number of amides is 1. The number of nitrogens with one attached hydrogen (secondary N) is 1. The Morgan fingerprint density at radius 1 is 1.27 bits per heavy atom. The first-order chi connectivity index (χ1) is 12.4. The van der Waals surface area contributed by atoms with Crippen molar-refractivity contribution in [3.63, 3.8) is 0 Å². The molecule has 1 amide bonds. The molecule has 0 aliphatic carbocycles. The Morgan fingerprint density at radius 2 is 2.00 bits per heavy atom. The Hall–Kier alpha value is -3.19. The Balaban J connectivity index is 1.78. The van der Waals surface area contributed by atoms with E-state index in [1.54, 1.807) is 17.8 Å². The number of carbonyl (C=O) groups is 1. The van der Waals surface area contributed by atoms with Crippen LogP contribution in [0.3, 0.4) is 0 Å². The molecule has 0 fully saturated rings. The summed E-state index contributed by atoms with van der Waals surface area (Å²) in [6, 6.07) is 14.0. The van der Waals surface area contributed by atoms with Gasteiger partial charge in [0.2, 0.25) is 0 Å².